The van der Waals surface area contributed by atoms with Crippen molar-refractivity contribution in [3.8, 4) is 0 Å². The third-order valence-electron chi connectivity index (χ3n) is 4.26. The number of esters is 1. The van der Waals surface area contributed by atoms with E-state index in [9.17, 15) is 14.4 Å². The van der Waals surface area contributed by atoms with E-state index >= 15 is 0 Å². The minimum atomic E-state index is -0.570. The van der Waals surface area contributed by atoms with Crippen molar-refractivity contribution in [1.82, 2.24) is 10.6 Å². The summed E-state index contributed by atoms with van der Waals surface area (Å²) >= 11 is 0. The number of benzene rings is 2. The van der Waals surface area contributed by atoms with Gasteiger partial charge in [0.05, 0.1) is 6.04 Å². The maximum atomic E-state index is 12.2. The first-order chi connectivity index (χ1) is 14.2. The standard InChI is InChI=1S/C23H30N2O5/c1-16(18-12-7-10-17-9-5-6-11-19(17)18)25-20(26)15-29-21(27)13-8-14-24-22(28)30-23(2,3)4/h5-7,9-12,16H,8,13-15H2,1-4H3,(H,24,28)(H,25,26)/t16-/m0/s1. The Morgan fingerprint density at radius 1 is 1.03 bits per heavy atom. The zero-order valence-electron chi connectivity index (χ0n) is 18.0. The number of hydrogen-bond acceptors (Lipinski definition) is 5. The Hall–Kier alpha value is -3.09. The molecule has 0 saturated carbocycles. The highest BCUT2D eigenvalue weighted by Gasteiger charge is 2.16. The Morgan fingerprint density at radius 3 is 2.47 bits per heavy atom. The molecule has 0 aliphatic carbocycles. The third kappa shape index (κ3) is 7.73. The number of ether oxygens (including phenoxy) is 2. The van der Waals surface area contributed by atoms with E-state index in [4.69, 9.17) is 9.47 Å². The Balaban J connectivity index is 1.70. The van der Waals surface area contributed by atoms with E-state index in [0.29, 0.717) is 6.42 Å². The van der Waals surface area contributed by atoms with Crippen LogP contribution in [0, 0.1) is 0 Å². The number of rotatable bonds is 8. The van der Waals surface area contributed by atoms with E-state index in [-0.39, 0.29) is 31.5 Å². The van der Waals surface area contributed by atoms with Gasteiger partial charge in [-0.3, -0.25) is 9.59 Å². The molecule has 7 nitrogen and oxygen atoms in total. The summed E-state index contributed by atoms with van der Waals surface area (Å²) in [5.74, 6) is -0.857. The molecular formula is C23H30N2O5. The second-order valence-corrected chi connectivity index (χ2v) is 8.05. The second kappa shape index (κ2) is 10.6. The number of carbonyl (C=O) groups excluding carboxylic acids is 3. The smallest absolute Gasteiger partial charge is 0.407 e. The fraction of sp³-hybridized carbons (Fsp3) is 0.435. The highest BCUT2D eigenvalue weighted by Crippen LogP contribution is 2.23. The number of hydrogen-bond donors (Lipinski definition) is 2. The molecule has 162 valence electrons. The Labute approximate surface area is 177 Å². The van der Waals surface area contributed by atoms with Crippen LogP contribution in [0.1, 0.15) is 52.1 Å². The van der Waals surface area contributed by atoms with Crippen LogP contribution in [-0.2, 0) is 19.1 Å². The predicted molar refractivity (Wildman–Crippen MR) is 115 cm³/mol. The first kappa shape index (κ1) is 23.2. The van der Waals surface area contributed by atoms with Gasteiger partial charge in [0.1, 0.15) is 5.60 Å². The predicted octanol–water partition coefficient (Wildman–Crippen LogP) is 3.87. The molecule has 0 heterocycles. The van der Waals surface area contributed by atoms with Crippen LogP contribution in [0.25, 0.3) is 10.8 Å². The summed E-state index contributed by atoms with van der Waals surface area (Å²) < 4.78 is 10.1. The average molecular weight is 415 g/mol. The zero-order valence-corrected chi connectivity index (χ0v) is 18.0. The van der Waals surface area contributed by atoms with Gasteiger partial charge in [0.15, 0.2) is 6.61 Å². The molecule has 2 amide bonds. The summed E-state index contributed by atoms with van der Waals surface area (Å²) in [5.41, 5.74) is 0.431. The maximum Gasteiger partial charge on any atom is 0.407 e. The van der Waals surface area contributed by atoms with Gasteiger partial charge in [-0.2, -0.15) is 0 Å². The molecule has 0 aliphatic heterocycles. The SMILES string of the molecule is C[C@H](NC(=O)COC(=O)CCCNC(=O)OC(C)(C)C)c1cccc2ccccc12. The molecule has 0 unspecified atom stereocenters. The van der Waals surface area contributed by atoms with Crippen molar-refractivity contribution in [2.75, 3.05) is 13.2 Å². The lowest BCUT2D eigenvalue weighted by Crippen LogP contribution is -2.33. The zero-order chi connectivity index (χ0) is 22.1. The molecule has 0 spiro atoms. The quantitative estimate of drug-likeness (QED) is 0.505. The third-order valence-corrected chi connectivity index (χ3v) is 4.26. The van der Waals surface area contributed by atoms with Gasteiger partial charge < -0.3 is 20.1 Å². The highest BCUT2D eigenvalue weighted by atomic mass is 16.6. The van der Waals surface area contributed by atoms with Crippen molar-refractivity contribution in [2.45, 2.75) is 52.2 Å². The fourth-order valence-corrected chi connectivity index (χ4v) is 2.94. The molecule has 1 atom stereocenters. The molecule has 0 radical (unpaired) electrons. The van der Waals surface area contributed by atoms with E-state index in [2.05, 4.69) is 10.6 Å². The Kier molecular flexibility index (Phi) is 8.21. The van der Waals surface area contributed by atoms with Crippen molar-refractivity contribution in [3.05, 3.63) is 48.0 Å². The van der Waals surface area contributed by atoms with Crippen molar-refractivity contribution in [2.24, 2.45) is 0 Å². The summed E-state index contributed by atoms with van der Waals surface area (Å²) in [6, 6.07) is 13.7. The molecule has 2 rings (SSSR count). The van der Waals surface area contributed by atoms with Gasteiger partial charge in [-0.1, -0.05) is 42.5 Å². The number of carbonyl (C=O) groups is 3. The van der Waals surface area contributed by atoms with Crippen molar-refractivity contribution < 1.29 is 23.9 Å². The van der Waals surface area contributed by atoms with E-state index in [1.807, 2.05) is 49.4 Å². The molecule has 2 N–H and O–H groups in total. The Morgan fingerprint density at radius 2 is 1.73 bits per heavy atom. The van der Waals surface area contributed by atoms with Crippen LogP contribution in [0.3, 0.4) is 0 Å². The number of fused-ring (bicyclic) bond motifs is 1. The van der Waals surface area contributed by atoms with E-state index < -0.39 is 17.7 Å². The van der Waals surface area contributed by atoms with Crippen molar-refractivity contribution >= 4 is 28.7 Å². The monoisotopic (exact) mass is 414 g/mol. The number of nitrogens with one attached hydrogen (secondary N) is 2. The molecule has 0 saturated heterocycles. The van der Waals surface area contributed by atoms with Gasteiger partial charge in [0.25, 0.3) is 5.91 Å². The molecule has 0 aromatic heterocycles. The van der Waals surface area contributed by atoms with Gasteiger partial charge in [-0.15, -0.1) is 0 Å². The average Bonchev–Trinajstić information content (AvgIpc) is 2.68. The van der Waals surface area contributed by atoms with Gasteiger partial charge in [0, 0.05) is 13.0 Å². The van der Waals surface area contributed by atoms with E-state index in [0.717, 1.165) is 16.3 Å². The molecule has 0 bridgehead atoms. The minimum Gasteiger partial charge on any atom is -0.456 e. The minimum absolute atomic E-state index is 0.0992. The summed E-state index contributed by atoms with van der Waals surface area (Å²) in [6.07, 6.45) is -0.0358. The lowest BCUT2D eigenvalue weighted by atomic mass is 10.00. The fourth-order valence-electron chi connectivity index (χ4n) is 2.94. The first-order valence-corrected chi connectivity index (χ1v) is 10.1. The normalized spacial score (nSPS) is 12.1. The lowest BCUT2D eigenvalue weighted by Gasteiger charge is -2.19. The Bertz CT molecular complexity index is 883. The van der Waals surface area contributed by atoms with E-state index in [1.54, 1.807) is 20.8 Å². The van der Waals surface area contributed by atoms with Crippen LogP contribution in [0.4, 0.5) is 4.79 Å². The van der Waals surface area contributed by atoms with Crippen LogP contribution in [0.2, 0.25) is 0 Å². The molecule has 2 aromatic rings. The molecule has 2 aromatic carbocycles. The maximum absolute atomic E-state index is 12.2. The van der Waals surface area contributed by atoms with Crippen LogP contribution >= 0.6 is 0 Å². The van der Waals surface area contributed by atoms with Crippen LogP contribution < -0.4 is 10.6 Å². The van der Waals surface area contributed by atoms with Crippen LogP contribution in [0.5, 0.6) is 0 Å². The first-order valence-electron chi connectivity index (χ1n) is 10.1. The molecule has 30 heavy (non-hydrogen) atoms. The van der Waals surface area contributed by atoms with Crippen LogP contribution in [0.15, 0.2) is 42.5 Å². The molecule has 0 aliphatic rings. The van der Waals surface area contributed by atoms with Crippen molar-refractivity contribution in [1.29, 1.82) is 0 Å². The summed E-state index contributed by atoms with van der Waals surface area (Å²) in [6.45, 7) is 7.16. The molecular weight excluding hydrogens is 384 g/mol. The van der Waals surface area contributed by atoms with Crippen molar-refractivity contribution in [3.63, 3.8) is 0 Å². The lowest BCUT2D eigenvalue weighted by molar-refractivity contribution is -0.148. The van der Waals surface area contributed by atoms with Gasteiger partial charge in [-0.05, 0) is 50.5 Å². The second-order valence-electron chi connectivity index (χ2n) is 8.05. The summed E-state index contributed by atoms with van der Waals surface area (Å²) in [4.78, 5) is 35.5. The number of amides is 2. The summed E-state index contributed by atoms with van der Waals surface area (Å²) in [7, 11) is 0. The summed E-state index contributed by atoms with van der Waals surface area (Å²) in [5, 5.41) is 7.60. The highest BCUT2D eigenvalue weighted by molar-refractivity contribution is 5.87. The topological polar surface area (TPSA) is 93.7 Å². The van der Waals surface area contributed by atoms with Crippen LogP contribution in [-0.4, -0.2) is 36.7 Å². The van der Waals surface area contributed by atoms with Gasteiger partial charge in [0.2, 0.25) is 0 Å². The molecule has 7 heteroatoms. The van der Waals surface area contributed by atoms with Gasteiger partial charge >= 0.3 is 12.1 Å². The van der Waals surface area contributed by atoms with E-state index in [1.165, 1.54) is 0 Å². The van der Waals surface area contributed by atoms with Gasteiger partial charge in [-0.25, -0.2) is 4.79 Å². The largest absolute Gasteiger partial charge is 0.456 e. The molecule has 0 fully saturated rings. The number of alkyl carbamates (subject to hydrolysis) is 1.